The van der Waals surface area contributed by atoms with Crippen molar-refractivity contribution in [1.82, 2.24) is 25.0 Å². The van der Waals surface area contributed by atoms with Gasteiger partial charge < -0.3 is 10.2 Å². The van der Waals surface area contributed by atoms with Crippen LogP contribution in [0, 0.1) is 19.8 Å². The molecule has 0 radical (unpaired) electrons. The fraction of sp³-hybridized carbons (Fsp3) is 0.632. The van der Waals surface area contributed by atoms with Crippen LogP contribution in [0.25, 0.3) is 11.0 Å². The standard InChI is InChI=1S/C19H29N5O2/c1-12-15(13(2)21-18-17(12)19(26)22-23(18)4)11-16(25)24-9-6-14(7-10-24)5-8-20-3/h14,20H,5-11H2,1-4H3,(H,22,26). The van der Waals surface area contributed by atoms with Crippen LogP contribution >= 0.6 is 0 Å². The lowest BCUT2D eigenvalue weighted by atomic mass is 9.93. The second-order valence-corrected chi connectivity index (χ2v) is 7.39. The fourth-order valence-electron chi connectivity index (χ4n) is 3.99. The monoisotopic (exact) mass is 359 g/mol. The Bertz CT molecular complexity index is 859. The molecule has 2 aromatic heterocycles. The second kappa shape index (κ2) is 7.61. The molecule has 7 nitrogen and oxygen atoms in total. The van der Waals surface area contributed by atoms with Crippen LogP contribution in [0.5, 0.6) is 0 Å². The van der Waals surface area contributed by atoms with Crippen molar-refractivity contribution in [2.75, 3.05) is 26.7 Å². The molecule has 0 aromatic carbocycles. The van der Waals surface area contributed by atoms with Gasteiger partial charge in [0.25, 0.3) is 5.56 Å². The Morgan fingerprint density at radius 2 is 2.00 bits per heavy atom. The molecule has 1 saturated heterocycles. The van der Waals surface area contributed by atoms with E-state index >= 15 is 0 Å². The molecule has 2 aromatic rings. The lowest BCUT2D eigenvalue weighted by Crippen LogP contribution is -2.40. The summed E-state index contributed by atoms with van der Waals surface area (Å²) in [6.45, 7) is 6.52. The minimum Gasteiger partial charge on any atom is -0.342 e. The van der Waals surface area contributed by atoms with Gasteiger partial charge in [-0.1, -0.05) is 0 Å². The fourth-order valence-corrected chi connectivity index (χ4v) is 3.99. The van der Waals surface area contributed by atoms with Gasteiger partial charge in [0, 0.05) is 25.8 Å². The predicted molar refractivity (Wildman–Crippen MR) is 102 cm³/mol. The van der Waals surface area contributed by atoms with E-state index in [4.69, 9.17) is 0 Å². The quantitative estimate of drug-likeness (QED) is 0.842. The lowest BCUT2D eigenvalue weighted by Gasteiger charge is -2.32. The zero-order valence-corrected chi connectivity index (χ0v) is 16.2. The average molecular weight is 359 g/mol. The zero-order chi connectivity index (χ0) is 18.8. The highest BCUT2D eigenvalue weighted by atomic mass is 16.2. The number of hydrogen-bond acceptors (Lipinski definition) is 4. The third-order valence-electron chi connectivity index (χ3n) is 5.67. The number of hydrogen-bond donors (Lipinski definition) is 2. The summed E-state index contributed by atoms with van der Waals surface area (Å²) in [5.41, 5.74) is 3.07. The van der Waals surface area contributed by atoms with Crippen LogP contribution in [0.15, 0.2) is 4.79 Å². The van der Waals surface area contributed by atoms with Gasteiger partial charge in [-0.05, 0) is 63.7 Å². The molecule has 26 heavy (non-hydrogen) atoms. The van der Waals surface area contributed by atoms with E-state index in [1.54, 1.807) is 11.7 Å². The van der Waals surface area contributed by atoms with Gasteiger partial charge in [-0.2, -0.15) is 0 Å². The topological polar surface area (TPSA) is 83.0 Å². The van der Waals surface area contributed by atoms with E-state index in [1.807, 2.05) is 25.8 Å². The van der Waals surface area contributed by atoms with Crippen molar-refractivity contribution in [3.63, 3.8) is 0 Å². The van der Waals surface area contributed by atoms with Gasteiger partial charge in [-0.25, -0.2) is 4.98 Å². The van der Waals surface area contributed by atoms with Crippen molar-refractivity contribution in [2.45, 2.75) is 39.5 Å². The van der Waals surface area contributed by atoms with Crippen molar-refractivity contribution in [2.24, 2.45) is 13.0 Å². The molecular formula is C19H29N5O2. The first kappa shape index (κ1) is 18.6. The van der Waals surface area contributed by atoms with E-state index in [-0.39, 0.29) is 11.5 Å². The number of nitrogens with zero attached hydrogens (tertiary/aromatic N) is 3. The summed E-state index contributed by atoms with van der Waals surface area (Å²) < 4.78 is 1.64. The van der Waals surface area contributed by atoms with E-state index in [0.717, 1.165) is 49.3 Å². The van der Waals surface area contributed by atoms with E-state index in [0.29, 0.717) is 23.4 Å². The normalized spacial score (nSPS) is 15.8. The molecule has 2 N–H and O–H groups in total. The number of nitrogens with one attached hydrogen (secondary N) is 2. The van der Waals surface area contributed by atoms with Gasteiger partial charge >= 0.3 is 0 Å². The lowest BCUT2D eigenvalue weighted by molar-refractivity contribution is -0.131. The number of fused-ring (bicyclic) bond motifs is 1. The number of carbonyl (C=O) groups is 1. The van der Waals surface area contributed by atoms with Gasteiger partial charge in [0.2, 0.25) is 5.91 Å². The number of pyridine rings is 1. The van der Waals surface area contributed by atoms with E-state index in [2.05, 4.69) is 15.4 Å². The number of carbonyl (C=O) groups excluding carboxylic acids is 1. The Hall–Kier alpha value is -2.15. The van der Waals surface area contributed by atoms with Crippen LogP contribution in [-0.4, -0.2) is 52.3 Å². The molecule has 3 rings (SSSR count). The summed E-state index contributed by atoms with van der Waals surface area (Å²) in [4.78, 5) is 31.5. The molecule has 0 saturated carbocycles. The third kappa shape index (κ3) is 3.53. The van der Waals surface area contributed by atoms with Crippen molar-refractivity contribution in [3.8, 4) is 0 Å². The van der Waals surface area contributed by atoms with Crippen LogP contribution in [-0.2, 0) is 18.3 Å². The number of piperidine rings is 1. The third-order valence-corrected chi connectivity index (χ3v) is 5.67. The smallest absolute Gasteiger partial charge is 0.273 e. The highest BCUT2D eigenvalue weighted by Crippen LogP contribution is 2.23. The molecule has 0 unspecified atom stereocenters. The molecule has 0 spiro atoms. The molecule has 1 amide bonds. The van der Waals surface area contributed by atoms with Crippen LogP contribution < -0.4 is 10.9 Å². The Labute approximate surface area is 153 Å². The molecule has 7 heteroatoms. The number of likely N-dealkylation sites (tertiary alicyclic amines) is 1. The number of aryl methyl sites for hydroxylation is 3. The molecule has 1 aliphatic rings. The number of aromatic amines is 1. The average Bonchev–Trinajstić information content (AvgIpc) is 2.90. The Morgan fingerprint density at radius 3 is 2.65 bits per heavy atom. The number of H-pyrrole nitrogens is 1. The van der Waals surface area contributed by atoms with Crippen molar-refractivity contribution >= 4 is 16.9 Å². The van der Waals surface area contributed by atoms with Gasteiger partial charge in [0.05, 0.1) is 11.8 Å². The maximum Gasteiger partial charge on any atom is 0.273 e. The second-order valence-electron chi connectivity index (χ2n) is 7.39. The van der Waals surface area contributed by atoms with E-state index in [9.17, 15) is 9.59 Å². The van der Waals surface area contributed by atoms with E-state index in [1.165, 1.54) is 6.42 Å². The first-order valence-corrected chi connectivity index (χ1v) is 9.39. The van der Waals surface area contributed by atoms with Gasteiger partial charge in [0.1, 0.15) is 0 Å². The number of rotatable bonds is 5. The highest BCUT2D eigenvalue weighted by molar-refractivity contribution is 5.84. The number of amides is 1. The zero-order valence-electron chi connectivity index (χ0n) is 16.2. The first-order valence-electron chi connectivity index (χ1n) is 9.39. The molecule has 3 heterocycles. The van der Waals surface area contributed by atoms with Gasteiger partial charge in [-0.15, -0.1) is 0 Å². The van der Waals surface area contributed by atoms with Crippen molar-refractivity contribution in [1.29, 1.82) is 0 Å². The van der Waals surface area contributed by atoms with Crippen LogP contribution in [0.4, 0.5) is 0 Å². The molecule has 1 fully saturated rings. The van der Waals surface area contributed by atoms with Crippen molar-refractivity contribution in [3.05, 3.63) is 27.2 Å². The summed E-state index contributed by atoms with van der Waals surface area (Å²) in [7, 11) is 3.75. The summed E-state index contributed by atoms with van der Waals surface area (Å²) in [5, 5.41) is 6.53. The van der Waals surface area contributed by atoms with Crippen molar-refractivity contribution < 1.29 is 4.79 Å². The molecule has 0 atom stereocenters. The number of aromatic nitrogens is 3. The summed E-state index contributed by atoms with van der Waals surface area (Å²) in [6.07, 6.45) is 3.63. The molecule has 0 bridgehead atoms. The molecular weight excluding hydrogens is 330 g/mol. The summed E-state index contributed by atoms with van der Waals surface area (Å²) >= 11 is 0. The minimum absolute atomic E-state index is 0.136. The van der Waals surface area contributed by atoms with Crippen LogP contribution in [0.3, 0.4) is 0 Å². The largest absolute Gasteiger partial charge is 0.342 e. The Morgan fingerprint density at radius 1 is 1.31 bits per heavy atom. The SMILES string of the molecule is CNCCC1CCN(C(=O)Cc2c(C)nc3c(c2C)c(=O)[nH]n3C)CC1. The molecule has 142 valence electrons. The first-order chi connectivity index (χ1) is 12.4. The van der Waals surface area contributed by atoms with Gasteiger partial charge in [0.15, 0.2) is 5.65 Å². The highest BCUT2D eigenvalue weighted by Gasteiger charge is 2.24. The van der Waals surface area contributed by atoms with Gasteiger partial charge in [-0.3, -0.25) is 19.4 Å². The minimum atomic E-state index is -0.147. The van der Waals surface area contributed by atoms with Crippen LogP contribution in [0.2, 0.25) is 0 Å². The molecule has 0 aliphatic carbocycles. The Kier molecular flexibility index (Phi) is 5.46. The summed E-state index contributed by atoms with van der Waals surface area (Å²) in [6, 6.07) is 0. The maximum absolute atomic E-state index is 12.8. The van der Waals surface area contributed by atoms with Crippen LogP contribution in [0.1, 0.15) is 36.1 Å². The summed E-state index contributed by atoms with van der Waals surface area (Å²) in [5.74, 6) is 0.840. The Balaban J connectivity index is 1.74. The predicted octanol–water partition coefficient (Wildman–Crippen LogP) is 1.27. The van der Waals surface area contributed by atoms with E-state index < -0.39 is 0 Å². The maximum atomic E-state index is 12.8. The molecule has 1 aliphatic heterocycles.